The molecule has 0 saturated carbocycles. The van der Waals surface area contributed by atoms with Crippen LogP contribution in [0.1, 0.15) is 54.7 Å². The van der Waals surface area contributed by atoms with E-state index in [4.69, 9.17) is 14.2 Å². The highest BCUT2D eigenvalue weighted by Gasteiger charge is 2.36. The number of carbonyl (C=O) groups is 4. The van der Waals surface area contributed by atoms with Crippen molar-refractivity contribution in [2.45, 2.75) is 19.4 Å². The maximum absolute atomic E-state index is 13.4. The van der Waals surface area contributed by atoms with E-state index in [0.29, 0.717) is 0 Å². The molecule has 1 amide bonds. The van der Waals surface area contributed by atoms with Crippen LogP contribution >= 0.6 is 0 Å². The summed E-state index contributed by atoms with van der Waals surface area (Å²) in [4.78, 5) is 52.6. The molecule has 0 heterocycles. The van der Waals surface area contributed by atoms with Gasteiger partial charge in [-0.25, -0.2) is 4.79 Å². The van der Waals surface area contributed by atoms with E-state index in [1.54, 1.807) is 19.1 Å². The molecule has 0 bridgehead atoms. The van der Waals surface area contributed by atoms with Gasteiger partial charge in [-0.1, -0.05) is 42.5 Å². The normalized spacial score (nSPS) is 12.8. The van der Waals surface area contributed by atoms with E-state index >= 15 is 0 Å². The second-order valence-corrected chi connectivity index (χ2v) is 8.11. The molecule has 1 N–H and O–H groups in total. The van der Waals surface area contributed by atoms with Gasteiger partial charge < -0.3 is 19.5 Å². The number of methoxy groups -OCH3 is 2. The van der Waals surface area contributed by atoms with E-state index < -0.39 is 29.5 Å². The number of amides is 1. The molecule has 36 heavy (non-hydrogen) atoms. The second-order valence-electron chi connectivity index (χ2n) is 8.11. The fourth-order valence-electron chi connectivity index (χ4n) is 4.24. The molecule has 0 aliphatic heterocycles. The standard InChI is InChI=1S/C28H25NO7/c1-4-36-28(33)20(13-16-9-6-5-7-10-16)29-27(32)17-14-19-24(22(15-17)35-3)26(31)23-18(25(19)30)11-8-12-21(23)34-2/h5-12,14-15,20H,4,13H2,1-3H3,(H,29,32). The summed E-state index contributed by atoms with van der Waals surface area (Å²) in [5.74, 6) is -1.71. The highest BCUT2D eigenvalue weighted by molar-refractivity contribution is 6.30. The summed E-state index contributed by atoms with van der Waals surface area (Å²) in [6.07, 6.45) is 0.220. The van der Waals surface area contributed by atoms with E-state index in [9.17, 15) is 19.2 Å². The monoisotopic (exact) mass is 487 g/mol. The van der Waals surface area contributed by atoms with Crippen LogP contribution in [-0.4, -0.2) is 50.3 Å². The lowest BCUT2D eigenvalue weighted by atomic mass is 9.82. The lowest BCUT2D eigenvalue weighted by Crippen LogP contribution is -2.43. The van der Waals surface area contributed by atoms with Gasteiger partial charge in [-0.15, -0.1) is 0 Å². The number of hydrogen-bond donors (Lipinski definition) is 1. The van der Waals surface area contributed by atoms with Gasteiger partial charge in [0.25, 0.3) is 5.91 Å². The Balaban J connectivity index is 1.71. The SMILES string of the molecule is CCOC(=O)C(Cc1ccccc1)NC(=O)c1cc(OC)c2c(c1)C(=O)c1cccc(OC)c1C2=O. The van der Waals surface area contributed by atoms with E-state index in [0.717, 1.165) is 5.56 Å². The van der Waals surface area contributed by atoms with Gasteiger partial charge in [0.1, 0.15) is 17.5 Å². The summed E-state index contributed by atoms with van der Waals surface area (Å²) in [5.41, 5.74) is 1.34. The summed E-state index contributed by atoms with van der Waals surface area (Å²) >= 11 is 0. The predicted octanol–water partition coefficient (Wildman–Crippen LogP) is 3.38. The summed E-state index contributed by atoms with van der Waals surface area (Å²) in [5, 5.41) is 2.70. The van der Waals surface area contributed by atoms with E-state index in [1.165, 1.54) is 32.4 Å². The third kappa shape index (κ3) is 4.57. The Labute approximate surface area is 208 Å². The number of ketones is 2. The van der Waals surface area contributed by atoms with Gasteiger partial charge in [0.05, 0.1) is 32.0 Å². The van der Waals surface area contributed by atoms with Crippen LogP contribution in [0.2, 0.25) is 0 Å². The highest BCUT2D eigenvalue weighted by Crippen LogP contribution is 2.38. The summed E-state index contributed by atoms with van der Waals surface area (Å²) in [7, 11) is 2.77. The van der Waals surface area contributed by atoms with Gasteiger partial charge in [0.15, 0.2) is 5.78 Å². The maximum Gasteiger partial charge on any atom is 0.328 e. The molecule has 184 valence electrons. The first-order valence-electron chi connectivity index (χ1n) is 11.4. The van der Waals surface area contributed by atoms with E-state index in [1.807, 2.05) is 30.3 Å². The zero-order valence-electron chi connectivity index (χ0n) is 20.1. The van der Waals surface area contributed by atoms with E-state index in [2.05, 4.69) is 5.32 Å². The van der Waals surface area contributed by atoms with Gasteiger partial charge in [-0.3, -0.25) is 14.4 Å². The number of hydrogen-bond acceptors (Lipinski definition) is 7. The molecule has 1 aliphatic rings. The molecular weight excluding hydrogens is 462 g/mol. The molecule has 8 nitrogen and oxygen atoms in total. The zero-order chi connectivity index (χ0) is 25.8. The van der Waals surface area contributed by atoms with Crippen LogP contribution in [0.25, 0.3) is 0 Å². The van der Waals surface area contributed by atoms with Crippen LogP contribution in [-0.2, 0) is 16.0 Å². The van der Waals surface area contributed by atoms with Crippen molar-refractivity contribution >= 4 is 23.4 Å². The maximum atomic E-state index is 13.4. The molecule has 3 aromatic rings. The average molecular weight is 488 g/mol. The Morgan fingerprint density at radius 3 is 2.19 bits per heavy atom. The second kappa shape index (κ2) is 10.4. The van der Waals surface area contributed by atoms with Crippen molar-refractivity contribution in [2.75, 3.05) is 20.8 Å². The molecular formula is C28H25NO7. The molecule has 1 aliphatic carbocycles. The van der Waals surface area contributed by atoms with Crippen LogP contribution < -0.4 is 14.8 Å². The summed E-state index contributed by atoms with van der Waals surface area (Å²) in [6, 6.07) is 15.7. The number of esters is 1. The quantitative estimate of drug-likeness (QED) is 0.380. The Morgan fingerprint density at radius 1 is 0.833 bits per heavy atom. The molecule has 0 spiro atoms. The topological polar surface area (TPSA) is 108 Å². The van der Waals surface area contributed by atoms with Crippen LogP contribution in [0.15, 0.2) is 60.7 Å². The Bertz CT molecular complexity index is 1350. The Morgan fingerprint density at radius 2 is 1.53 bits per heavy atom. The molecule has 0 aromatic heterocycles. The smallest absolute Gasteiger partial charge is 0.328 e. The highest BCUT2D eigenvalue weighted by atomic mass is 16.5. The van der Waals surface area contributed by atoms with Crippen LogP contribution in [0.3, 0.4) is 0 Å². The van der Waals surface area contributed by atoms with Crippen molar-refractivity contribution in [1.29, 1.82) is 0 Å². The molecule has 0 radical (unpaired) electrons. The van der Waals surface area contributed by atoms with Crippen molar-refractivity contribution in [3.63, 3.8) is 0 Å². The fraction of sp³-hybridized carbons (Fsp3) is 0.214. The minimum atomic E-state index is -0.954. The predicted molar refractivity (Wildman–Crippen MR) is 131 cm³/mol. The van der Waals surface area contributed by atoms with Gasteiger partial charge in [-0.05, 0) is 30.7 Å². The Hall–Kier alpha value is -4.46. The number of fused-ring (bicyclic) bond motifs is 2. The van der Waals surface area contributed by atoms with Crippen molar-refractivity contribution < 1.29 is 33.4 Å². The minimum absolute atomic E-state index is 0.0426. The van der Waals surface area contributed by atoms with Crippen LogP contribution in [0, 0.1) is 0 Å². The first-order valence-corrected chi connectivity index (χ1v) is 11.4. The first kappa shape index (κ1) is 24.7. The largest absolute Gasteiger partial charge is 0.496 e. The van der Waals surface area contributed by atoms with Crippen molar-refractivity contribution in [3.05, 3.63) is 94.0 Å². The number of ether oxygens (including phenoxy) is 3. The van der Waals surface area contributed by atoms with Gasteiger partial charge in [0, 0.05) is 23.1 Å². The van der Waals surface area contributed by atoms with Crippen LogP contribution in [0.5, 0.6) is 11.5 Å². The summed E-state index contributed by atoms with van der Waals surface area (Å²) < 4.78 is 15.9. The van der Waals surface area contributed by atoms with Crippen LogP contribution in [0.4, 0.5) is 0 Å². The molecule has 0 fully saturated rings. The first-order chi connectivity index (χ1) is 17.4. The number of nitrogens with one attached hydrogen (secondary N) is 1. The molecule has 3 aromatic carbocycles. The van der Waals surface area contributed by atoms with Gasteiger partial charge >= 0.3 is 5.97 Å². The molecule has 1 atom stereocenters. The average Bonchev–Trinajstić information content (AvgIpc) is 2.90. The zero-order valence-corrected chi connectivity index (χ0v) is 20.1. The third-order valence-electron chi connectivity index (χ3n) is 5.93. The summed E-state index contributed by atoms with van der Waals surface area (Å²) in [6.45, 7) is 1.84. The lowest BCUT2D eigenvalue weighted by molar-refractivity contribution is -0.145. The fourth-order valence-corrected chi connectivity index (χ4v) is 4.24. The number of carbonyl (C=O) groups excluding carboxylic acids is 4. The van der Waals surface area contributed by atoms with E-state index in [-0.39, 0.29) is 52.3 Å². The molecule has 8 heteroatoms. The van der Waals surface area contributed by atoms with Crippen molar-refractivity contribution in [3.8, 4) is 11.5 Å². The number of rotatable bonds is 8. The number of benzene rings is 3. The minimum Gasteiger partial charge on any atom is -0.496 e. The molecule has 4 rings (SSSR count). The van der Waals surface area contributed by atoms with Gasteiger partial charge in [-0.2, -0.15) is 0 Å². The lowest BCUT2D eigenvalue weighted by Gasteiger charge is -2.23. The van der Waals surface area contributed by atoms with Gasteiger partial charge in [0.2, 0.25) is 5.78 Å². The third-order valence-corrected chi connectivity index (χ3v) is 5.93. The van der Waals surface area contributed by atoms with Crippen molar-refractivity contribution in [1.82, 2.24) is 5.32 Å². The molecule has 1 unspecified atom stereocenters. The van der Waals surface area contributed by atoms with Crippen molar-refractivity contribution in [2.24, 2.45) is 0 Å². The Kier molecular flexibility index (Phi) is 7.15. The molecule has 0 saturated heterocycles.